The average molecular weight is 667 g/mol. The maximum absolute atomic E-state index is 2.39. The van der Waals surface area contributed by atoms with Crippen LogP contribution in [-0.4, -0.2) is 4.57 Å². The summed E-state index contributed by atoms with van der Waals surface area (Å²) in [4.78, 5) is 2.31. The molecule has 2 heteroatoms. The number of benzene rings is 8. The van der Waals surface area contributed by atoms with Crippen molar-refractivity contribution in [2.75, 3.05) is 4.90 Å². The molecule has 9 aromatic rings. The topological polar surface area (TPSA) is 8.17 Å². The van der Waals surface area contributed by atoms with E-state index in [4.69, 9.17) is 0 Å². The Kier molecular flexibility index (Phi) is 7.98. The first-order valence-corrected chi connectivity index (χ1v) is 17.9. The first kappa shape index (κ1) is 31.3. The predicted molar refractivity (Wildman–Crippen MR) is 221 cm³/mol. The van der Waals surface area contributed by atoms with Crippen molar-refractivity contribution in [3.8, 4) is 39.1 Å². The van der Waals surface area contributed by atoms with Crippen LogP contribution < -0.4 is 4.90 Å². The molecular formula is C50H38N2. The summed E-state index contributed by atoms with van der Waals surface area (Å²) in [6.45, 7) is 4.33. The lowest BCUT2D eigenvalue weighted by Crippen LogP contribution is -2.09. The van der Waals surface area contributed by atoms with Crippen LogP contribution in [0.25, 0.3) is 60.9 Å². The van der Waals surface area contributed by atoms with Gasteiger partial charge in [-0.15, -0.1) is 0 Å². The van der Waals surface area contributed by atoms with Gasteiger partial charge >= 0.3 is 0 Å². The molecule has 0 radical (unpaired) electrons. The third-order valence-corrected chi connectivity index (χ3v) is 10.1. The lowest BCUT2D eigenvalue weighted by atomic mass is 9.99. The molecular weight excluding hydrogens is 629 g/mol. The molecule has 0 unspecified atom stereocenters. The molecule has 1 heterocycles. The molecule has 0 aliphatic carbocycles. The monoisotopic (exact) mass is 666 g/mol. The third-order valence-electron chi connectivity index (χ3n) is 10.1. The Morgan fingerprint density at radius 3 is 1.12 bits per heavy atom. The van der Waals surface area contributed by atoms with Crippen molar-refractivity contribution in [2.45, 2.75) is 13.8 Å². The molecule has 248 valence electrons. The van der Waals surface area contributed by atoms with E-state index in [1.807, 2.05) is 0 Å². The number of hydrogen-bond acceptors (Lipinski definition) is 1. The van der Waals surface area contributed by atoms with Gasteiger partial charge in [0.15, 0.2) is 0 Å². The Balaban J connectivity index is 0.977. The number of aryl methyl sites for hydroxylation is 2. The van der Waals surface area contributed by atoms with Crippen molar-refractivity contribution in [3.63, 3.8) is 0 Å². The molecule has 2 nitrogen and oxygen atoms in total. The lowest BCUT2D eigenvalue weighted by molar-refractivity contribution is 1.18. The van der Waals surface area contributed by atoms with Gasteiger partial charge in [-0.2, -0.15) is 0 Å². The van der Waals surface area contributed by atoms with Crippen molar-refractivity contribution in [2.24, 2.45) is 0 Å². The van der Waals surface area contributed by atoms with E-state index in [1.165, 1.54) is 72.0 Å². The second-order valence-corrected chi connectivity index (χ2v) is 13.6. The number of rotatable bonds is 7. The number of fused-ring (bicyclic) bond motifs is 3. The maximum atomic E-state index is 2.39. The molecule has 1 aromatic heterocycles. The molecule has 0 atom stereocenters. The van der Waals surface area contributed by atoms with E-state index in [1.54, 1.807) is 0 Å². The molecule has 0 saturated heterocycles. The lowest BCUT2D eigenvalue weighted by Gasteiger charge is -2.26. The van der Waals surface area contributed by atoms with E-state index in [2.05, 4.69) is 217 Å². The van der Waals surface area contributed by atoms with Gasteiger partial charge in [-0.05, 0) is 120 Å². The normalized spacial score (nSPS) is 11.3. The molecule has 9 rings (SSSR count). The van der Waals surface area contributed by atoms with Crippen molar-refractivity contribution >= 4 is 38.9 Å². The van der Waals surface area contributed by atoms with Crippen LogP contribution in [0.5, 0.6) is 0 Å². The Morgan fingerprint density at radius 2 is 0.673 bits per heavy atom. The number of nitrogens with zero attached hydrogens (tertiary/aromatic N) is 2. The van der Waals surface area contributed by atoms with Gasteiger partial charge in [0.25, 0.3) is 0 Å². The van der Waals surface area contributed by atoms with Crippen LogP contribution in [0.15, 0.2) is 194 Å². The van der Waals surface area contributed by atoms with Crippen LogP contribution in [0.3, 0.4) is 0 Å². The predicted octanol–water partition coefficient (Wildman–Crippen LogP) is 13.9. The summed E-state index contributed by atoms with van der Waals surface area (Å²) in [7, 11) is 0. The number of para-hydroxylation sites is 1. The van der Waals surface area contributed by atoms with Gasteiger partial charge in [0.2, 0.25) is 0 Å². The second kappa shape index (κ2) is 13.2. The summed E-state index contributed by atoms with van der Waals surface area (Å²) in [5.74, 6) is 0. The van der Waals surface area contributed by atoms with Crippen LogP contribution in [-0.2, 0) is 0 Å². The van der Waals surface area contributed by atoms with Crippen LogP contribution in [0.4, 0.5) is 17.1 Å². The number of hydrogen-bond donors (Lipinski definition) is 0. The van der Waals surface area contributed by atoms with Crippen molar-refractivity contribution in [1.82, 2.24) is 4.57 Å². The fourth-order valence-electron chi connectivity index (χ4n) is 7.45. The highest BCUT2D eigenvalue weighted by Gasteiger charge is 2.15. The SMILES string of the molecule is Cc1ccc2c(c1)c1cc(C)ccc1n2-c1ccc(-c2ccc(-c3ccc(N(c4ccccc4)c4ccc(-c5ccccc5)cc4)cc3)cc2)cc1. The van der Waals surface area contributed by atoms with Crippen molar-refractivity contribution in [1.29, 1.82) is 0 Å². The van der Waals surface area contributed by atoms with Gasteiger partial charge in [0, 0.05) is 33.5 Å². The molecule has 0 saturated carbocycles. The highest BCUT2D eigenvalue weighted by atomic mass is 15.1. The Labute approximate surface area is 305 Å². The van der Waals surface area contributed by atoms with Crippen LogP contribution >= 0.6 is 0 Å². The zero-order valence-electron chi connectivity index (χ0n) is 29.4. The molecule has 0 aliphatic heterocycles. The van der Waals surface area contributed by atoms with Gasteiger partial charge in [-0.25, -0.2) is 0 Å². The maximum Gasteiger partial charge on any atom is 0.0541 e. The standard InChI is InChI=1S/C50H38N2/c1-35-13-31-49-47(33-35)48-34-36(2)14-32-50(48)52(49)46-29-23-42(24-30-46)39-17-15-38(16-18-39)41-21-27-45(28-22-41)51(43-11-7-4-8-12-43)44-25-19-40(20-26-44)37-9-5-3-6-10-37/h3-34H,1-2H3. The van der Waals surface area contributed by atoms with E-state index in [0.717, 1.165) is 17.1 Å². The van der Waals surface area contributed by atoms with Gasteiger partial charge in [0.1, 0.15) is 0 Å². The van der Waals surface area contributed by atoms with Crippen LogP contribution in [0.2, 0.25) is 0 Å². The summed E-state index contributed by atoms with van der Waals surface area (Å²) in [6.07, 6.45) is 0. The molecule has 0 bridgehead atoms. The molecule has 0 spiro atoms. The molecule has 0 N–H and O–H groups in total. The first-order valence-electron chi connectivity index (χ1n) is 17.9. The van der Waals surface area contributed by atoms with Gasteiger partial charge in [-0.3, -0.25) is 0 Å². The third kappa shape index (κ3) is 5.85. The largest absolute Gasteiger partial charge is 0.311 e. The first-order chi connectivity index (χ1) is 25.6. The van der Waals surface area contributed by atoms with E-state index in [0.29, 0.717) is 0 Å². The molecule has 0 fully saturated rings. The van der Waals surface area contributed by atoms with E-state index in [9.17, 15) is 0 Å². The average Bonchev–Trinajstić information content (AvgIpc) is 3.52. The molecule has 0 aliphatic rings. The Bertz CT molecular complexity index is 2570. The minimum Gasteiger partial charge on any atom is -0.311 e. The smallest absolute Gasteiger partial charge is 0.0541 e. The summed E-state index contributed by atoms with van der Waals surface area (Å²) in [5.41, 5.74) is 16.8. The van der Waals surface area contributed by atoms with E-state index in [-0.39, 0.29) is 0 Å². The minimum absolute atomic E-state index is 1.12. The molecule has 52 heavy (non-hydrogen) atoms. The summed E-state index contributed by atoms with van der Waals surface area (Å²) in [5, 5.41) is 2.60. The fourth-order valence-corrected chi connectivity index (χ4v) is 7.45. The summed E-state index contributed by atoms with van der Waals surface area (Å²) in [6, 6.07) is 70.2. The number of aromatic nitrogens is 1. The zero-order chi connectivity index (χ0) is 35.0. The fraction of sp³-hybridized carbons (Fsp3) is 0.0400. The van der Waals surface area contributed by atoms with E-state index < -0.39 is 0 Å². The highest BCUT2D eigenvalue weighted by molar-refractivity contribution is 6.09. The zero-order valence-corrected chi connectivity index (χ0v) is 29.4. The second-order valence-electron chi connectivity index (χ2n) is 13.6. The quantitative estimate of drug-likeness (QED) is 0.164. The molecule has 0 amide bonds. The summed E-state index contributed by atoms with van der Waals surface area (Å²) < 4.78 is 2.39. The van der Waals surface area contributed by atoms with Gasteiger partial charge in [0.05, 0.1) is 11.0 Å². The molecule has 8 aromatic carbocycles. The Hall–Kier alpha value is -6.64. The van der Waals surface area contributed by atoms with Crippen LogP contribution in [0.1, 0.15) is 11.1 Å². The minimum atomic E-state index is 1.12. The van der Waals surface area contributed by atoms with Gasteiger partial charge < -0.3 is 9.47 Å². The highest BCUT2D eigenvalue weighted by Crippen LogP contribution is 2.38. The van der Waals surface area contributed by atoms with Crippen molar-refractivity contribution < 1.29 is 0 Å². The Morgan fingerprint density at radius 1 is 0.327 bits per heavy atom. The van der Waals surface area contributed by atoms with Gasteiger partial charge in [-0.1, -0.05) is 132 Å². The van der Waals surface area contributed by atoms with Crippen LogP contribution in [0, 0.1) is 13.8 Å². The van der Waals surface area contributed by atoms with E-state index >= 15 is 0 Å². The summed E-state index contributed by atoms with van der Waals surface area (Å²) >= 11 is 0. The van der Waals surface area contributed by atoms with Crippen molar-refractivity contribution in [3.05, 3.63) is 205 Å². The number of anilines is 3.